The monoisotopic (exact) mass is 388 g/mol. The molecule has 0 aromatic heterocycles. The molecule has 0 unspecified atom stereocenters. The van der Waals surface area contributed by atoms with E-state index in [1.807, 2.05) is 31.2 Å². The zero-order valence-electron chi connectivity index (χ0n) is 15.5. The Kier molecular flexibility index (Phi) is 5.98. The number of aryl methyl sites for hydroxylation is 1. The van der Waals surface area contributed by atoms with Gasteiger partial charge in [0.15, 0.2) is 0 Å². The van der Waals surface area contributed by atoms with E-state index in [2.05, 4.69) is 19.9 Å². The molecule has 3 rings (SSSR count). The molecule has 0 atom stereocenters. The number of sulfonamides is 1. The van der Waals surface area contributed by atoms with Crippen molar-refractivity contribution in [2.24, 2.45) is 4.99 Å². The summed E-state index contributed by atoms with van der Waals surface area (Å²) in [5.41, 5.74) is 2.22. The molecule has 0 aliphatic carbocycles. The number of ether oxygens (including phenoxy) is 1. The van der Waals surface area contributed by atoms with Crippen LogP contribution < -0.4 is 14.8 Å². The van der Waals surface area contributed by atoms with Crippen molar-refractivity contribution in [1.82, 2.24) is 14.9 Å². The lowest BCUT2D eigenvalue weighted by atomic mass is 10.1. The van der Waals surface area contributed by atoms with Crippen LogP contribution in [0.25, 0.3) is 0 Å². The van der Waals surface area contributed by atoms with Gasteiger partial charge < -0.3 is 10.1 Å². The molecule has 0 fully saturated rings. The highest BCUT2D eigenvalue weighted by Gasteiger charge is 2.19. The number of benzene rings is 2. The number of hydrogen-bond acceptors (Lipinski definition) is 6. The molecule has 2 aromatic carbocycles. The lowest BCUT2D eigenvalue weighted by Gasteiger charge is -2.27. The van der Waals surface area contributed by atoms with Gasteiger partial charge in [-0.05, 0) is 43.2 Å². The number of methoxy groups -OCH3 is 1. The number of rotatable bonds is 6. The van der Waals surface area contributed by atoms with E-state index < -0.39 is 10.0 Å². The molecule has 2 aromatic rings. The largest absolute Gasteiger partial charge is 0.497 e. The van der Waals surface area contributed by atoms with Gasteiger partial charge in [0.2, 0.25) is 5.96 Å². The van der Waals surface area contributed by atoms with Crippen molar-refractivity contribution in [2.75, 3.05) is 27.0 Å². The molecule has 7 nitrogen and oxygen atoms in total. The molecular weight excluding hydrogens is 364 g/mol. The normalized spacial score (nSPS) is 15.0. The first-order valence-corrected chi connectivity index (χ1v) is 10.2. The third kappa shape index (κ3) is 5.21. The molecular formula is C19H24N4O3S. The van der Waals surface area contributed by atoms with E-state index in [1.165, 1.54) is 5.56 Å². The molecule has 0 radical (unpaired) electrons. The number of aliphatic imine (C=N–C) groups is 1. The van der Waals surface area contributed by atoms with Crippen molar-refractivity contribution in [3.05, 3.63) is 59.7 Å². The predicted octanol–water partition coefficient (Wildman–Crippen LogP) is 1.70. The summed E-state index contributed by atoms with van der Waals surface area (Å²) in [5.74, 6) is 1.12. The maximum Gasteiger partial charge on any atom is 0.264 e. The Balaban J connectivity index is 1.52. The number of hydrogen-bond donors (Lipinski definition) is 2. The quantitative estimate of drug-likeness (QED) is 0.787. The summed E-state index contributed by atoms with van der Waals surface area (Å²) >= 11 is 0. The van der Waals surface area contributed by atoms with Crippen molar-refractivity contribution < 1.29 is 13.2 Å². The molecule has 1 aliphatic heterocycles. The number of nitrogens with one attached hydrogen (secondary N) is 2. The topological polar surface area (TPSA) is 83.0 Å². The van der Waals surface area contributed by atoms with Gasteiger partial charge in [-0.25, -0.2) is 18.1 Å². The SMILES string of the molecule is COc1ccc(CCN2CN=C(NS(=O)(=O)c3ccc(C)cc3)NC2)cc1. The van der Waals surface area contributed by atoms with E-state index in [0.29, 0.717) is 13.3 Å². The van der Waals surface area contributed by atoms with E-state index in [4.69, 9.17) is 4.74 Å². The Morgan fingerprint density at radius 1 is 1.15 bits per heavy atom. The highest BCUT2D eigenvalue weighted by atomic mass is 32.2. The molecule has 27 heavy (non-hydrogen) atoms. The van der Waals surface area contributed by atoms with Crippen molar-refractivity contribution in [1.29, 1.82) is 0 Å². The molecule has 2 N–H and O–H groups in total. The van der Waals surface area contributed by atoms with Gasteiger partial charge in [-0.2, -0.15) is 0 Å². The van der Waals surface area contributed by atoms with Crippen LogP contribution in [0.1, 0.15) is 11.1 Å². The van der Waals surface area contributed by atoms with E-state index in [0.717, 1.165) is 24.3 Å². The first kappa shape index (κ1) is 19.2. The Morgan fingerprint density at radius 2 is 1.85 bits per heavy atom. The summed E-state index contributed by atoms with van der Waals surface area (Å²) < 4.78 is 32.5. The van der Waals surface area contributed by atoms with Crippen molar-refractivity contribution >= 4 is 16.0 Å². The second-order valence-electron chi connectivity index (χ2n) is 6.39. The van der Waals surface area contributed by atoms with Crippen LogP contribution in [-0.2, 0) is 16.4 Å². The minimum absolute atomic E-state index is 0.222. The first-order chi connectivity index (χ1) is 13.0. The average Bonchev–Trinajstić information content (AvgIpc) is 2.68. The van der Waals surface area contributed by atoms with Crippen LogP contribution in [0.2, 0.25) is 0 Å². The highest BCUT2D eigenvalue weighted by molar-refractivity contribution is 7.90. The highest BCUT2D eigenvalue weighted by Crippen LogP contribution is 2.12. The van der Waals surface area contributed by atoms with Gasteiger partial charge in [0.05, 0.1) is 25.3 Å². The Labute approximate surface area is 160 Å². The van der Waals surface area contributed by atoms with E-state index in [1.54, 1.807) is 31.4 Å². The molecule has 0 amide bonds. The Morgan fingerprint density at radius 3 is 2.44 bits per heavy atom. The van der Waals surface area contributed by atoms with Crippen LogP contribution >= 0.6 is 0 Å². The van der Waals surface area contributed by atoms with Crippen LogP contribution in [0.4, 0.5) is 0 Å². The fraction of sp³-hybridized carbons (Fsp3) is 0.316. The summed E-state index contributed by atoms with van der Waals surface area (Å²) in [6.45, 7) is 3.71. The maximum atomic E-state index is 12.4. The van der Waals surface area contributed by atoms with E-state index in [-0.39, 0.29) is 10.9 Å². The average molecular weight is 388 g/mol. The minimum Gasteiger partial charge on any atom is -0.497 e. The van der Waals surface area contributed by atoms with Crippen LogP contribution in [-0.4, -0.2) is 46.3 Å². The first-order valence-electron chi connectivity index (χ1n) is 8.69. The molecule has 0 bridgehead atoms. The lowest BCUT2D eigenvalue weighted by Crippen LogP contribution is -2.50. The zero-order valence-corrected chi connectivity index (χ0v) is 16.3. The van der Waals surface area contributed by atoms with Gasteiger partial charge in [0, 0.05) is 6.54 Å². The molecule has 1 aliphatic rings. The van der Waals surface area contributed by atoms with Gasteiger partial charge in [0.1, 0.15) is 5.75 Å². The third-order valence-corrected chi connectivity index (χ3v) is 5.69. The van der Waals surface area contributed by atoms with E-state index in [9.17, 15) is 8.42 Å². The van der Waals surface area contributed by atoms with Crippen molar-refractivity contribution in [3.63, 3.8) is 0 Å². The van der Waals surface area contributed by atoms with Crippen LogP contribution in [0, 0.1) is 6.92 Å². The fourth-order valence-electron chi connectivity index (χ4n) is 2.66. The fourth-order valence-corrected chi connectivity index (χ4v) is 3.67. The maximum absolute atomic E-state index is 12.4. The molecule has 144 valence electrons. The van der Waals surface area contributed by atoms with Crippen LogP contribution in [0.5, 0.6) is 5.75 Å². The van der Waals surface area contributed by atoms with Gasteiger partial charge >= 0.3 is 0 Å². The Bertz CT molecular complexity index is 894. The molecule has 0 spiro atoms. The molecule has 0 saturated carbocycles. The van der Waals surface area contributed by atoms with E-state index >= 15 is 0 Å². The summed E-state index contributed by atoms with van der Waals surface area (Å²) in [5, 5.41) is 3.03. The summed E-state index contributed by atoms with van der Waals surface area (Å²) in [4.78, 5) is 6.63. The van der Waals surface area contributed by atoms with Gasteiger partial charge in [-0.1, -0.05) is 29.8 Å². The molecule has 0 saturated heterocycles. The zero-order chi connectivity index (χ0) is 19.3. The molecule has 1 heterocycles. The number of nitrogens with zero attached hydrogens (tertiary/aromatic N) is 2. The van der Waals surface area contributed by atoms with Gasteiger partial charge in [0.25, 0.3) is 10.0 Å². The summed E-state index contributed by atoms with van der Waals surface area (Å²) in [6, 6.07) is 14.7. The lowest BCUT2D eigenvalue weighted by molar-refractivity contribution is 0.267. The predicted molar refractivity (Wildman–Crippen MR) is 105 cm³/mol. The van der Waals surface area contributed by atoms with Gasteiger partial charge in [-0.15, -0.1) is 0 Å². The third-order valence-electron chi connectivity index (χ3n) is 4.34. The second-order valence-corrected chi connectivity index (χ2v) is 8.08. The Hall–Kier alpha value is -2.58. The number of guanidine groups is 1. The smallest absolute Gasteiger partial charge is 0.264 e. The summed E-state index contributed by atoms with van der Waals surface area (Å²) in [7, 11) is -1.98. The van der Waals surface area contributed by atoms with Crippen LogP contribution in [0.15, 0.2) is 58.4 Å². The minimum atomic E-state index is -3.63. The van der Waals surface area contributed by atoms with Crippen molar-refractivity contribution in [2.45, 2.75) is 18.2 Å². The van der Waals surface area contributed by atoms with Crippen LogP contribution in [0.3, 0.4) is 0 Å². The van der Waals surface area contributed by atoms with Crippen molar-refractivity contribution in [3.8, 4) is 5.75 Å². The standard InChI is InChI=1S/C19H24N4O3S/c1-15-3-9-18(10-4-15)27(24,25)22-19-20-13-23(14-21-19)12-11-16-5-7-17(26-2)8-6-16/h3-10H,11-14H2,1-2H3,(H2,20,21,22). The van der Waals surface area contributed by atoms with Gasteiger partial charge in [-0.3, -0.25) is 4.90 Å². The second kappa shape index (κ2) is 8.41. The summed E-state index contributed by atoms with van der Waals surface area (Å²) in [6.07, 6.45) is 0.881. The molecule has 8 heteroatoms.